The van der Waals surface area contributed by atoms with Crippen molar-refractivity contribution in [2.75, 3.05) is 19.8 Å². The first-order valence-corrected chi connectivity index (χ1v) is 18.5. The van der Waals surface area contributed by atoms with E-state index in [4.69, 9.17) is 24.8 Å². The molecule has 0 bridgehead atoms. The van der Waals surface area contributed by atoms with Crippen LogP contribution in [0, 0.1) is 0 Å². The number of allylic oxidation sites excluding steroid dienone is 18. The number of hydrogen-bond acceptors (Lipinski definition) is 9. The summed E-state index contributed by atoms with van der Waals surface area (Å²) in [7, 11) is -4.74. The third-order valence-corrected chi connectivity index (χ3v) is 7.19. The highest BCUT2D eigenvalue weighted by atomic mass is 31.2. The molecule has 12 heteroatoms. The van der Waals surface area contributed by atoms with Crippen molar-refractivity contribution in [1.82, 2.24) is 0 Å². The average molecular weight is 718 g/mol. The zero-order chi connectivity index (χ0) is 37.1. The molecule has 0 saturated carbocycles. The second-order valence-corrected chi connectivity index (χ2v) is 12.2. The smallest absolute Gasteiger partial charge is 0.472 e. The number of carboxylic acid groups (broad SMARTS) is 1. The lowest BCUT2D eigenvalue weighted by Crippen LogP contribution is -2.34. The number of ether oxygens (including phenoxy) is 2. The predicted octanol–water partition coefficient (Wildman–Crippen LogP) is 7.93. The number of carboxylic acids is 1. The average Bonchev–Trinajstić information content (AvgIpc) is 3.09. The van der Waals surface area contributed by atoms with Crippen LogP contribution in [0.25, 0.3) is 0 Å². The van der Waals surface area contributed by atoms with Crippen LogP contribution in [-0.4, -0.2) is 59.9 Å². The van der Waals surface area contributed by atoms with Crippen LogP contribution in [-0.2, 0) is 37.5 Å². The van der Waals surface area contributed by atoms with E-state index in [1.807, 2.05) is 91.1 Å². The molecule has 0 aromatic heterocycles. The molecule has 0 radical (unpaired) electrons. The Kier molecular flexibility index (Phi) is 29.9. The van der Waals surface area contributed by atoms with Gasteiger partial charge in [-0.2, -0.15) is 0 Å². The zero-order valence-electron chi connectivity index (χ0n) is 29.4. The Bertz CT molecular complexity index is 1260. The van der Waals surface area contributed by atoms with Crippen LogP contribution in [0.5, 0.6) is 0 Å². The first-order chi connectivity index (χ1) is 24.1. The summed E-state index contributed by atoms with van der Waals surface area (Å²) in [5.74, 6) is -2.55. The van der Waals surface area contributed by atoms with Gasteiger partial charge in [0.05, 0.1) is 13.2 Å². The Labute approximate surface area is 297 Å². The summed E-state index contributed by atoms with van der Waals surface area (Å²) in [4.78, 5) is 45.6. The van der Waals surface area contributed by atoms with Gasteiger partial charge in [-0.05, 0) is 44.9 Å². The minimum Gasteiger partial charge on any atom is -0.480 e. The summed E-state index contributed by atoms with van der Waals surface area (Å²) in [5.41, 5.74) is 5.29. The molecular weight excluding hydrogens is 661 g/mol. The third-order valence-electron chi connectivity index (χ3n) is 6.24. The molecule has 0 amide bonds. The lowest BCUT2D eigenvalue weighted by atomic mass is 10.1. The molecule has 0 fully saturated rings. The van der Waals surface area contributed by atoms with E-state index >= 15 is 0 Å². The number of nitrogens with two attached hydrogens (primary N) is 1. The highest BCUT2D eigenvalue weighted by Gasteiger charge is 2.28. The van der Waals surface area contributed by atoms with Crippen molar-refractivity contribution in [2.45, 2.75) is 90.2 Å². The maximum atomic E-state index is 12.5. The monoisotopic (exact) mass is 717 g/mol. The molecule has 0 aliphatic rings. The molecule has 0 aromatic carbocycles. The van der Waals surface area contributed by atoms with Crippen molar-refractivity contribution in [1.29, 1.82) is 0 Å². The van der Waals surface area contributed by atoms with Gasteiger partial charge < -0.3 is 25.2 Å². The number of hydrogen-bond donors (Lipinski definition) is 3. The van der Waals surface area contributed by atoms with Gasteiger partial charge in [-0.15, -0.1) is 0 Å². The molecule has 11 nitrogen and oxygen atoms in total. The van der Waals surface area contributed by atoms with Crippen LogP contribution in [0.2, 0.25) is 0 Å². The van der Waals surface area contributed by atoms with E-state index < -0.39 is 57.7 Å². The molecule has 278 valence electrons. The normalized spacial score (nSPS) is 15.3. The van der Waals surface area contributed by atoms with Crippen molar-refractivity contribution in [2.24, 2.45) is 5.73 Å². The van der Waals surface area contributed by atoms with Crippen molar-refractivity contribution in [3.05, 3.63) is 109 Å². The van der Waals surface area contributed by atoms with E-state index in [9.17, 15) is 23.8 Å². The van der Waals surface area contributed by atoms with E-state index in [1.165, 1.54) is 0 Å². The zero-order valence-corrected chi connectivity index (χ0v) is 30.3. The van der Waals surface area contributed by atoms with E-state index in [0.29, 0.717) is 19.3 Å². The first kappa shape index (κ1) is 46.1. The van der Waals surface area contributed by atoms with E-state index in [2.05, 4.69) is 36.6 Å². The summed E-state index contributed by atoms with van der Waals surface area (Å²) in [6.07, 6.45) is 40.5. The lowest BCUT2D eigenvalue weighted by Gasteiger charge is -2.20. The Hall–Kier alpha value is -3.86. The van der Waals surface area contributed by atoms with Crippen molar-refractivity contribution < 1.29 is 47.5 Å². The minimum atomic E-state index is -4.74. The summed E-state index contributed by atoms with van der Waals surface area (Å²) in [6, 6.07) is -1.54. The first-order valence-electron chi connectivity index (χ1n) is 17.0. The van der Waals surface area contributed by atoms with Gasteiger partial charge in [0.2, 0.25) is 0 Å². The van der Waals surface area contributed by atoms with Gasteiger partial charge in [0, 0.05) is 12.8 Å². The SMILES string of the molecule is CC/C=C/C=C/C=C/C=C/C=C/CCCC(=O)OC(COC(=O)CCCCC/C=C/C=C/C=C/C=C/CC)COP(=O)(O)OC[C@H](N)C(=O)O. The fourth-order valence-corrected chi connectivity index (χ4v) is 4.35. The fraction of sp³-hybridized carbons (Fsp3) is 0.447. The molecule has 0 spiro atoms. The summed E-state index contributed by atoms with van der Waals surface area (Å²) in [6.45, 7) is 2.33. The minimum absolute atomic E-state index is 0.0481. The van der Waals surface area contributed by atoms with E-state index in [1.54, 1.807) is 0 Å². The van der Waals surface area contributed by atoms with E-state index in [0.717, 1.165) is 32.1 Å². The molecule has 0 aliphatic heterocycles. The van der Waals surface area contributed by atoms with Gasteiger partial charge >= 0.3 is 25.7 Å². The van der Waals surface area contributed by atoms with Crippen LogP contribution in [0.1, 0.15) is 78.1 Å². The standard InChI is InChI=1S/C38H56NO10P/c1-3-5-7-9-11-13-15-17-19-21-23-25-27-29-36(40)46-31-34(32-47-50(44,45)48-33-35(39)38(42)43)49-37(41)30-28-26-24-22-20-18-16-14-12-10-8-6-4-2/h5-20,22,24,34-35H,3-4,21,23,25-33,39H2,1-2H3,(H,42,43)(H,44,45)/b7-5+,8-6+,11-9+,12-10+,15-13+,16-14+,19-17+,20-18+,24-22+/t34?,35-/m0/s1. The van der Waals surface area contributed by atoms with Gasteiger partial charge in [-0.1, -0.05) is 130 Å². The summed E-state index contributed by atoms with van der Waals surface area (Å²) in [5, 5.41) is 8.84. The predicted molar refractivity (Wildman–Crippen MR) is 198 cm³/mol. The quantitative estimate of drug-likeness (QED) is 0.0297. The number of aliphatic carboxylic acids is 1. The molecule has 2 unspecified atom stereocenters. The molecule has 0 aromatic rings. The Morgan fingerprint density at radius 1 is 0.620 bits per heavy atom. The Balaban J connectivity index is 4.74. The molecule has 0 heterocycles. The second-order valence-electron chi connectivity index (χ2n) is 10.7. The summed E-state index contributed by atoms with van der Waals surface area (Å²) >= 11 is 0. The molecule has 4 N–H and O–H groups in total. The van der Waals surface area contributed by atoms with Gasteiger partial charge in [-0.25, -0.2) is 4.57 Å². The molecular formula is C38H56NO10P. The van der Waals surface area contributed by atoms with Gasteiger partial charge in [0.15, 0.2) is 6.10 Å². The van der Waals surface area contributed by atoms with Gasteiger partial charge in [0.1, 0.15) is 12.6 Å². The van der Waals surface area contributed by atoms with Crippen molar-refractivity contribution in [3.8, 4) is 0 Å². The topological polar surface area (TPSA) is 172 Å². The van der Waals surface area contributed by atoms with Gasteiger partial charge in [-0.3, -0.25) is 23.4 Å². The largest absolute Gasteiger partial charge is 0.480 e. The molecule has 50 heavy (non-hydrogen) atoms. The highest BCUT2D eigenvalue weighted by Crippen LogP contribution is 2.43. The van der Waals surface area contributed by atoms with Crippen LogP contribution < -0.4 is 5.73 Å². The van der Waals surface area contributed by atoms with Crippen molar-refractivity contribution in [3.63, 3.8) is 0 Å². The van der Waals surface area contributed by atoms with E-state index in [-0.39, 0.29) is 12.8 Å². The number of carbonyl (C=O) groups excluding carboxylic acids is 2. The molecule has 0 saturated heterocycles. The summed E-state index contributed by atoms with van der Waals surface area (Å²) < 4.78 is 32.3. The molecule has 3 atom stereocenters. The maximum absolute atomic E-state index is 12.5. The third kappa shape index (κ3) is 31.4. The highest BCUT2D eigenvalue weighted by molar-refractivity contribution is 7.47. The number of unbranched alkanes of at least 4 members (excludes halogenated alkanes) is 4. The number of phosphoric acid groups is 1. The second kappa shape index (κ2) is 32.4. The van der Waals surface area contributed by atoms with Crippen molar-refractivity contribution >= 4 is 25.7 Å². The number of rotatable bonds is 29. The maximum Gasteiger partial charge on any atom is 0.472 e. The number of phosphoric ester groups is 1. The fourth-order valence-electron chi connectivity index (χ4n) is 3.57. The Morgan fingerprint density at radius 2 is 1.08 bits per heavy atom. The van der Waals surface area contributed by atoms with Gasteiger partial charge in [0.25, 0.3) is 0 Å². The number of esters is 2. The van der Waals surface area contributed by atoms with Crippen LogP contribution in [0.15, 0.2) is 109 Å². The van der Waals surface area contributed by atoms with Crippen LogP contribution in [0.3, 0.4) is 0 Å². The number of carbonyl (C=O) groups is 3. The molecule has 0 rings (SSSR count). The van der Waals surface area contributed by atoms with Crippen LogP contribution >= 0.6 is 7.82 Å². The molecule has 0 aliphatic carbocycles. The Morgan fingerprint density at radius 3 is 1.60 bits per heavy atom. The van der Waals surface area contributed by atoms with Crippen LogP contribution in [0.4, 0.5) is 0 Å². The lowest BCUT2D eigenvalue weighted by molar-refractivity contribution is -0.161.